The van der Waals surface area contributed by atoms with Crippen LogP contribution in [0.2, 0.25) is 0 Å². The van der Waals surface area contributed by atoms with Crippen molar-refractivity contribution >= 4 is 23.2 Å². The van der Waals surface area contributed by atoms with Gasteiger partial charge in [-0.05, 0) is 48.4 Å². The Bertz CT molecular complexity index is 970. The number of anilines is 2. The van der Waals surface area contributed by atoms with Crippen molar-refractivity contribution in [1.29, 1.82) is 0 Å². The van der Waals surface area contributed by atoms with E-state index in [0.29, 0.717) is 18.3 Å². The highest BCUT2D eigenvalue weighted by Crippen LogP contribution is 2.23. The molecule has 29 heavy (non-hydrogen) atoms. The Morgan fingerprint density at radius 1 is 0.897 bits per heavy atom. The summed E-state index contributed by atoms with van der Waals surface area (Å²) < 4.78 is 5.83. The summed E-state index contributed by atoms with van der Waals surface area (Å²) in [6.45, 7) is 2.04. The van der Waals surface area contributed by atoms with E-state index in [4.69, 9.17) is 10.5 Å². The first-order chi connectivity index (χ1) is 14.1. The zero-order chi connectivity index (χ0) is 20.5. The largest absolute Gasteiger partial charge is 0.457 e. The number of nitrogens with two attached hydrogens (primary N) is 1. The van der Waals surface area contributed by atoms with E-state index >= 15 is 0 Å². The first-order valence-corrected chi connectivity index (χ1v) is 9.35. The predicted octanol–water partition coefficient (Wildman–Crippen LogP) is 4.41. The van der Waals surface area contributed by atoms with Crippen LogP contribution in [0.1, 0.15) is 12.5 Å². The van der Waals surface area contributed by atoms with Crippen LogP contribution in [0.4, 0.5) is 11.4 Å². The molecule has 148 valence electrons. The van der Waals surface area contributed by atoms with Gasteiger partial charge in [0.2, 0.25) is 5.91 Å². The number of hydrogen-bond donors (Lipinski definition) is 3. The van der Waals surface area contributed by atoms with Gasteiger partial charge >= 0.3 is 0 Å². The fraction of sp³-hybridized carbons (Fsp3) is 0.130. The topological polar surface area (TPSA) is 88.7 Å². The van der Waals surface area contributed by atoms with Crippen LogP contribution in [-0.4, -0.2) is 18.4 Å². The Hall–Kier alpha value is -3.80. The average Bonchev–Trinajstić information content (AvgIpc) is 2.70. The van der Waals surface area contributed by atoms with Crippen molar-refractivity contribution < 1.29 is 9.53 Å². The number of aliphatic imine (C=N–C) groups is 1. The van der Waals surface area contributed by atoms with Gasteiger partial charge in [-0.3, -0.25) is 9.79 Å². The Kier molecular flexibility index (Phi) is 6.84. The second-order valence-electron chi connectivity index (χ2n) is 6.46. The van der Waals surface area contributed by atoms with Gasteiger partial charge in [0, 0.05) is 30.9 Å². The predicted molar refractivity (Wildman–Crippen MR) is 118 cm³/mol. The lowest BCUT2D eigenvalue weighted by atomic mass is 10.1. The molecule has 3 aromatic carbocycles. The second kappa shape index (κ2) is 9.94. The first kappa shape index (κ1) is 19.9. The van der Waals surface area contributed by atoms with Crippen molar-refractivity contribution in [3.05, 3.63) is 84.4 Å². The maximum atomic E-state index is 11.1. The minimum atomic E-state index is -0.0839. The van der Waals surface area contributed by atoms with E-state index in [-0.39, 0.29) is 5.91 Å². The van der Waals surface area contributed by atoms with Crippen molar-refractivity contribution in [1.82, 2.24) is 0 Å². The van der Waals surface area contributed by atoms with Gasteiger partial charge in [0.15, 0.2) is 5.96 Å². The molecular weight excluding hydrogens is 364 g/mol. The van der Waals surface area contributed by atoms with Gasteiger partial charge in [0.1, 0.15) is 11.5 Å². The summed E-state index contributed by atoms with van der Waals surface area (Å²) in [6.07, 6.45) is 0.750. The van der Waals surface area contributed by atoms with Gasteiger partial charge in [0.25, 0.3) is 0 Å². The summed E-state index contributed by atoms with van der Waals surface area (Å²) in [4.78, 5) is 15.4. The molecule has 0 saturated heterocycles. The van der Waals surface area contributed by atoms with Crippen LogP contribution in [0, 0.1) is 0 Å². The maximum Gasteiger partial charge on any atom is 0.221 e. The molecule has 6 heteroatoms. The normalized spacial score (nSPS) is 11.0. The molecule has 3 aromatic rings. The molecule has 0 aliphatic rings. The number of para-hydroxylation sites is 1. The molecule has 0 aromatic heterocycles. The van der Waals surface area contributed by atoms with Gasteiger partial charge in [-0.15, -0.1) is 0 Å². The highest BCUT2D eigenvalue weighted by molar-refractivity contribution is 5.92. The third kappa shape index (κ3) is 6.70. The van der Waals surface area contributed by atoms with Crippen molar-refractivity contribution in [3.8, 4) is 11.5 Å². The summed E-state index contributed by atoms with van der Waals surface area (Å²) in [5, 5.41) is 5.83. The molecule has 0 fully saturated rings. The summed E-state index contributed by atoms with van der Waals surface area (Å²) >= 11 is 0. The van der Waals surface area contributed by atoms with Crippen LogP contribution in [0.15, 0.2) is 83.9 Å². The number of nitrogens with one attached hydrogen (secondary N) is 2. The molecular formula is C23H24N4O2. The van der Waals surface area contributed by atoms with E-state index in [0.717, 1.165) is 29.1 Å². The molecule has 4 N–H and O–H groups in total. The molecule has 0 bridgehead atoms. The van der Waals surface area contributed by atoms with Crippen molar-refractivity contribution in [2.45, 2.75) is 13.3 Å². The SMILES string of the molecule is CC(=O)Nc1ccc(CCN=C(N)Nc2cccc(Oc3ccccc3)c2)cc1. The van der Waals surface area contributed by atoms with Crippen LogP contribution in [0.5, 0.6) is 11.5 Å². The number of hydrogen-bond acceptors (Lipinski definition) is 3. The van der Waals surface area contributed by atoms with Crippen molar-refractivity contribution in [2.24, 2.45) is 10.7 Å². The van der Waals surface area contributed by atoms with Gasteiger partial charge in [-0.25, -0.2) is 0 Å². The van der Waals surface area contributed by atoms with Crippen LogP contribution < -0.4 is 21.1 Å². The Morgan fingerprint density at radius 2 is 1.62 bits per heavy atom. The Morgan fingerprint density at radius 3 is 2.34 bits per heavy atom. The number of carbonyl (C=O) groups is 1. The molecule has 0 heterocycles. The van der Waals surface area contributed by atoms with Gasteiger partial charge < -0.3 is 21.1 Å². The minimum absolute atomic E-state index is 0.0839. The Labute approximate surface area is 170 Å². The summed E-state index contributed by atoms with van der Waals surface area (Å²) in [6, 6.07) is 24.8. The number of benzene rings is 3. The number of rotatable bonds is 7. The van der Waals surface area contributed by atoms with Gasteiger partial charge in [-0.1, -0.05) is 36.4 Å². The van der Waals surface area contributed by atoms with Crippen LogP contribution in [0.25, 0.3) is 0 Å². The van der Waals surface area contributed by atoms with Crippen molar-refractivity contribution in [2.75, 3.05) is 17.2 Å². The third-order valence-corrected chi connectivity index (χ3v) is 4.04. The molecule has 0 saturated carbocycles. The smallest absolute Gasteiger partial charge is 0.221 e. The summed E-state index contributed by atoms with van der Waals surface area (Å²) in [7, 11) is 0. The first-order valence-electron chi connectivity index (χ1n) is 9.35. The monoisotopic (exact) mass is 388 g/mol. The van der Waals surface area contributed by atoms with Gasteiger partial charge in [-0.2, -0.15) is 0 Å². The summed E-state index contributed by atoms with van der Waals surface area (Å²) in [5.74, 6) is 1.75. The molecule has 0 radical (unpaired) electrons. The Balaban J connectivity index is 1.52. The zero-order valence-corrected chi connectivity index (χ0v) is 16.3. The fourth-order valence-electron chi connectivity index (χ4n) is 2.71. The quantitative estimate of drug-likeness (QED) is 0.413. The standard InChI is InChI=1S/C23H24N4O2/c1-17(28)26-19-12-10-18(11-13-19)14-15-25-23(24)27-20-6-5-9-22(16-20)29-21-7-3-2-4-8-21/h2-13,16H,14-15H2,1H3,(H,26,28)(H3,24,25,27). The number of carbonyl (C=O) groups excluding carboxylic acids is 1. The minimum Gasteiger partial charge on any atom is -0.457 e. The fourth-order valence-corrected chi connectivity index (χ4v) is 2.71. The summed E-state index contributed by atoms with van der Waals surface area (Å²) in [5.41, 5.74) is 8.71. The highest BCUT2D eigenvalue weighted by atomic mass is 16.5. The van der Waals surface area contributed by atoms with Crippen LogP contribution >= 0.6 is 0 Å². The van der Waals surface area contributed by atoms with E-state index in [1.807, 2.05) is 78.9 Å². The highest BCUT2D eigenvalue weighted by Gasteiger charge is 2.01. The molecule has 1 amide bonds. The van der Waals surface area contributed by atoms with E-state index < -0.39 is 0 Å². The number of guanidine groups is 1. The molecule has 0 aliphatic carbocycles. The van der Waals surface area contributed by atoms with E-state index in [2.05, 4.69) is 15.6 Å². The number of nitrogens with zero attached hydrogens (tertiary/aromatic N) is 1. The van der Waals surface area contributed by atoms with E-state index in [1.165, 1.54) is 6.92 Å². The second-order valence-corrected chi connectivity index (χ2v) is 6.46. The zero-order valence-electron chi connectivity index (χ0n) is 16.3. The number of amides is 1. The average molecular weight is 388 g/mol. The number of ether oxygens (including phenoxy) is 1. The maximum absolute atomic E-state index is 11.1. The lowest BCUT2D eigenvalue weighted by Crippen LogP contribution is -2.23. The molecule has 3 rings (SSSR count). The lowest BCUT2D eigenvalue weighted by Gasteiger charge is -2.09. The van der Waals surface area contributed by atoms with E-state index in [1.54, 1.807) is 0 Å². The van der Waals surface area contributed by atoms with Crippen LogP contribution in [0.3, 0.4) is 0 Å². The molecule has 0 aliphatic heterocycles. The lowest BCUT2D eigenvalue weighted by molar-refractivity contribution is -0.114. The van der Waals surface area contributed by atoms with Crippen LogP contribution in [-0.2, 0) is 11.2 Å². The molecule has 0 atom stereocenters. The van der Waals surface area contributed by atoms with Crippen molar-refractivity contribution in [3.63, 3.8) is 0 Å². The molecule has 6 nitrogen and oxygen atoms in total. The van der Waals surface area contributed by atoms with E-state index in [9.17, 15) is 4.79 Å². The molecule has 0 unspecified atom stereocenters. The third-order valence-electron chi connectivity index (χ3n) is 4.04. The van der Waals surface area contributed by atoms with Gasteiger partial charge in [0.05, 0.1) is 0 Å². The molecule has 0 spiro atoms.